The second-order valence-corrected chi connectivity index (χ2v) is 8.88. The Labute approximate surface area is 177 Å². The summed E-state index contributed by atoms with van der Waals surface area (Å²) in [7, 11) is 1.36. The normalized spacial score (nSPS) is 24.0. The van der Waals surface area contributed by atoms with E-state index in [0.29, 0.717) is 23.4 Å². The second-order valence-electron chi connectivity index (χ2n) is 8.88. The first-order chi connectivity index (χ1) is 14.4. The first-order valence-electron chi connectivity index (χ1n) is 10.9. The molecule has 4 heterocycles. The van der Waals surface area contributed by atoms with E-state index in [1.165, 1.54) is 7.11 Å². The lowest BCUT2D eigenvalue weighted by molar-refractivity contribution is -0.183. The number of esters is 1. The lowest BCUT2D eigenvalue weighted by atomic mass is 9.80. The van der Waals surface area contributed by atoms with Crippen molar-refractivity contribution >= 4 is 23.1 Å². The van der Waals surface area contributed by atoms with E-state index in [2.05, 4.69) is 35.2 Å². The van der Waals surface area contributed by atoms with Gasteiger partial charge in [0.25, 0.3) is 0 Å². The Hall–Kier alpha value is -2.19. The van der Waals surface area contributed by atoms with Gasteiger partial charge in [0, 0.05) is 32.3 Å². The zero-order valence-corrected chi connectivity index (χ0v) is 18.3. The monoisotopic (exact) mass is 416 g/mol. The number of piperidine rings is 1. The van der Waals surface area contributed by atoms with Gasteiger partial charge in [0.05, 0.1) is 30.5 Å². The van der Waals surface area contributed by atoms with E-state index in [0.717, 1.165) is 50.5 Å². The molecule has 0 amide bonds. The predicted octanol–water partition coefficient (Wildman–Crippen LogP) is 2.77. The second kappa shape index (κ2) is 8.15. The maximum Gasteiger partial charge on any atom is 0.339 e. The fourth-order valence-electron chi connectivity index (χ4n) is 4.80. The SMILES string of the molecule is CCn1c(N2CCC3(CC2)C[C@H](O)C[C@H](C(C)C)O3)nc2cc(C(=O)OC)cnc21. The van der Waals surface area contributed by atoms with Gasteiger partial charge in [0.2, 0.25) is 5.95 Å². The van der Waals surface area contributed by atoms with Crippen LogP contribution in [0.1, 0.15) is 56.8 Å². The molecule has 0 bridgehead atoms. The number of anilines is 1. The van der Waals surface area contributed by atoms with Gasteiger partial charge in [-0.05, 0) is 38.2 Å². The van der Waals surface area contributed by atoms with Crippen LogP contribution in [0, 0.1) is 5.92 Å². The molecule has 2 aromatic heterocycles. The third-order valence-corrected chi connectivity index (χ3v) is 6.52. The average molecular weight is 417 g/mol. The van der Waals surface area contributed by atoms with E-state index in [4.69, 9.17) is 14.5 Å². The molecule has 1 N–H and O–H groups in total. The number of fused-ring (bicyclic) bond motifs is 1. The molecule has 8 heteroatoms. The van der Waals surface area contributed by atoms with Crippen LogP contribution in [-0.2, 0) is 16.0 Å². The molecule has 30 heavy (non-hydrogen) atoms. The number of pyridine rings is 1. The number of carbonyl (C=O) groups excluding carboxylic acids is 1. The zero-order valence-electron chi connectivity index (χ0n) is 18.3. The summed E-state index contributed by atoms with van der Waals surface area (Å²) in [6, 6.07) is 1.74. The number of hydrogen-bond donors (Lipinski definition) is 1. The van der Waals surface area contributed by atoms with Crippen molar-refractivity contribution < 1.29 is 19.4 Å². The van der Waals surface area contributed by atoms with Crippen LogP contribution in [0.15, 0.2) is 12.3 Å². The van der Waals surface area contributed by atoms with E-state index >= 15 is 0 Å². The summed E-state index contributed by atoms with van der Waals surface area (Å²) in [4.78, 5) is 23.4. The first kappa shape index (κ1) is 21.1. The third kappa shape index (κ3) is 3.78. The maximum atomic E-state index is 11.9. The molecule has 0 aromatic carbocycles. The van der Waals surface area contributed by atoms with E-state index in [9.17, 15) is 9.90 Å². The smallest absolute Gasteiger partial charge is 0.339 e. The van der Waals surface area contributed by atoms with E-state index < -0.39 is 5.97 Å². The number of methoxy groups -OCH3 is 1. The Morgan fingerprint density at radius 1 is 1.40 bits per heavy atom. The van der Waals surface area contributed by atoms with E-state index in [-0.39, 0.29) is 17.8 Å². The molecule has 8 nitrogen and oxygen atoms in total. The zero-order chi connectivity index (χ0) is 21.5. The molecule has 2 aliphatic heterocycles. The van der Waals surface area contributed by atoms with Crippen molar-refractivity contribution in [2.75, 3.05) is 25.1 Å². The van der Waals surface area contributed by atoms with Crippen LogP contribution >= 0.6 is 0 Å². The molecular formula is C22H32N4O4. The fraction of sp³-hybridized carbons (Fsp3) is 0.682. The summed E-state index contributed by atoms with van der Waals surface area (Å²) in [5.74, 6) is 0.854. The van der Waals surface area contributed by atoms with Crippen molar-refractivity contribution in [3.05, 3.63) is 17.8 Å². The number of hydrogen-bond acceptors (Lipinski definition) is 7. The van der Waals surface area contributed by atoms with Crippen LogP contribution in [0.2, 0.25) is 0 Å². The number of aromatic nitrogens is 3. The Bertz CT molecular complexity index is 917. The van der Waals surface area contributed by atoms with Crippen molar-refractivity contribution in [2.45, 2.75) is 70.8 Å². The lowest BCUT2D eigenvalue weighted by Crippen LogP contribution is -2.54. The number of aliphatic hydroxyl groups excluding tert-OH is 1. The molecule has 0 saturated carbocycles. The van der Waals surface area contributed by atoms with Gasteiger partial charge in [-0.2, -0.15) is 0 Å². The Balaban J connectivity index is 1.56. The van der Waals surface area contributed by atoms with Gasteiger partial charge >= 0.3 is 5.97 Å². The number of carbonyl (C=O) groups is 1. The molecule has 2 fully saturated rings. The molecule has 2 aromatic rings. The summed E-state index contributed by atoms with van der Waals surface area (Å²) in [6.07, 6.45) is 4.52. The van der Waals surface area contributed by atoms with Gasteiger partial charge in [-0.1, -0.05) is 13.8 Å². The number of rotatable bonds is 4. The van der Waals surface area contributed by atoms with Gasteiger partial charge in [-0.3, -0.25) is 4.57 Å². The van der Waals surface area contributed by atoms with Crippen molar-refractivity contribution in [3.63, 3.8) is 0 Å². The van der Waals surface area contributed by atoms with Gasteiger partial charge < -0.3 is 19.5 Å². The van der Waals surface area contributed by atoms with E-state index in [1.54, 1.807) is 12.3 Å². The summed E-state index contributed by atoms with van der Waals surface area (Å²) in [5, 5.41) is 10.4. The van der Waals surface area contributed by atoms with Gasteiger partial charge in [0.15, 0.2) is 5.65 Å². The highest BCUT2D eigenvalue weighted by atomic mass is 16.5. The molecule has 2 saturated heterocycles. The number of imidazole rings is 1. The minimum absolute atomic E-state index is 0.112. The number of nitrogens with zero attached hydrogens (tertiary/aromatic N) is 4. The van der Waals surface area contributed by atoms with Crippen LogP contribution in [-0.4, -0.2) is 63.6 Å². The van der Waals surface area contributed by atoms with E-state index in [1.807, 2.05) is 0 Å². The first-order valence-corrected chi connectivity index (χ1v) is 10.9. The van der Waals surface area contributed by atoms with Gasteiger partial charge in [-0.25, -0.2) is 14.8 Å². The van der Waals surface area contributed by atoms with Crippen molar-refractivity contribution in [1.29, 1.82) is 0 Å². The van der Waals surface area contributed by atoms with Crippen molar-refractivity contribution in [1.82, 2.24) is 14.5 Å². The number of ether oxygens (including phenoxy) is 2. The standard InChI is InChI=1S/C22H32N4O4/c1-5-26-19-17(10-15(13-23-19)20(28)29-4)24-21(26)25-8-6-22(7-9-25)12-16(27)11-18(30-22)14(2)3/h10,13-14,16,18,27H,5-9,11-12H2,1-4H3/t16-,18-/m1/s1. The predicted molar refractivity (Wildman–Crippen MR) is 114 cm³/mol. The van der Waals surface area contributed by atoms with Crippen LogP contribution in [0.5, 0.6) is 0 Å². The Morgan fingerprint density at radius 2 is 2.13 bits per heavy atom. The van der Waals surface area contributed by atoms with Gasteiger partial charge in [0.1, 0.15) is 5.52 Å². The quantitative estimate of drug-likeness (QED) is 0.767. The molecule has 4 rings (SSSR count). The Kier molecular flexibility index (Phi) is 5.72. The summed E-state index contributed by atoms with van der Waals surface area (Å²) in [5.41, 5.74) is 1.62. The fourth-order valence-corrected chi connectivity index (χ4v) is 4.80. The molecule has 2 aliphatic rings. The summed E-state index contributed by atoms with van der Waals surface area (Å²) >= 11 is 0. The molecule has 0 unspecified atom stereocenters. The third-order valence-electron chi connectivity index (χ3n) is 6.52. The number of aryl methyl sites for hydroxylation is 1. The van der Waals surface area contributed by atoms with Gasteiger partial charge in [-0.15, -0.1) is 0 Å². The molecular weight excluding hydrogens is 384 g/mol. The minimum atomic E-state index is -0.412. The molecule has 0 radical (unpaired) electrons. The minimum Gasteiger partial charge on any atom is -0.465 e. The lowest BCUT2D eigenvalue weighted by Gasteiger charge is -2.49. The molecule has 164 valence electrons. The topological polar surface area (TPSA) is 89.7 Å². The Morgan fingerprint density at radius 3 is 2.77 bits per heavy atom. The van der Waals surface area contributed by atoms with Crippen molar-refractivity contribution in [2.24, 2.45) is 5.92 Å². The average Bonchev–Trinajstić information content (AvgIpc) is 3.10. The van der Waals surface area contributed by atoms with Crippen LogP contribution in [0.3, 0.4) is 0 Å². The van der Waals surface area contributed by atoms with Crippen molar-refractivity contribution in [3.8, 4) is 0 Å². The largest absolute Gasteiger partial charge is 0.465 e. The maximum absolute atomic E-state index is 11.9. The van der Waals surface area contributed by atoms with Crippen LogP contribution < -0.4 is 4.90 Å². The molecule has 2 atom stereocenters. The van der Waals surface area contributed by atoms with Crippen LogP contribution in [0.25, 0.3) is 11.2 Å². The molecule has 0 aliphatic carbocycles. The highest BCUT2D eigenvalue weighted by Crippen LogP contribution is 2.40. The summed E-state index contributed by atoms with van der Waals surface area (Å²) in [6.45, 7) is 8.74. The summed E-state index contributed by atoms with van der Waals surface area (Å²) < 4.78 is 13.4. The highest BCUT2D eigenvalue weighted by Gasteiger charge is 2.44. The highest BCUT2D eigenvalue weighted by molar-refractivity contribution is 5.92. The van der Waals surface area contributed by atoms with Crippen LogP contribution in [0.4, 0.5) is 5.95 Å². The molecule has 1 spiro atoms. The number of aliphatic hydroxyl groups is 1.